The molecule has 0 fully saturated rings. The molecule has 1 unspecified atom stereocenters. The summed E-state index contributed by atoms with van der Waals surface area (Å²) in [7, 11) is 0. The van der Waals surface area contributed by atoms with Crippen LogP contribution < -0.4 is 11.1 Å². The number of hydrogen-bond acceptors (Lipinski definition) is 3. The van der Waals surface area contributed by atoms with Crippen molar-refractivity contribution in [2.45, 2.75) is 20.0 Å². The second kappa shape index (κ2) is 4.79. The Labute approximate surface area is 89.1 Å². The predicted octanol–water partition coefficient (Wildman–Crippen LogP) is 0.688. The first-order valence-corrected chi connectivity index (χ1v) is 4.83. The second-order valence-electron chi connectivity index (χ2n) is 3.58. The molecule has 0 aliphatic rings. The van der Waals surface area contributed by atoms with Gasteiger partial charge in [0, 0.05) is 17.8 Å². The third-order valence-corrected chi connectivity index (χ3v) is 2.18. The van der Waals surface area contributed by atoms with Gasteiger partial charge in [-0.1, -0.05) is 6.07 Å². The second-order valence-corrected chi connectivity index (χ2v) is 3.58. The van der Waals surface area contributed by atoms with Crippen LogP contribution in [0.25, 0.3) is 0 Å². The van der Waals surface area contributed by atoms with Gasteiger partial charge in [-0.3, -0.25) is 4.79 Å². The van der Waals surface area contributed by atoms with Gasteiger partial charge in [0.25, 0.3) is 5.91 Å². The Hall–Kier alpha value is -1.55. The number of nitrogens with one attached hydrogen (secondary N) is 1. The summed E-state index contributed by atoms with van der Waals surface area (Å²) >= 11 is 0. The van der Waals surface area contributed by atoms with E-state index >= 15 is 0 Å². The van der Waals surface area contributed by atoms with Crippen molar-refractivity contribution in [2.24, 2.45) is 0 Å². The maximum absolute atomic E-state index is 11.6. The van der Waals surface area contributed by atoms with Crippen LogP contribution >= 0.6 is 0 Å². The van der Waals surface area contributed by atoms with Crippen LogP contribution in [0.15, 0.2) is 18.2 Å². The van der Waals surface area contributed by atoms with Gasteiger partial charge in [0.1, 0.15) is 0 Å². The van der Waals surface area contributed by atoms with E-state index in [1.807, 2.05) is 0 Å². The van der Waals surface area contributed by atoms with Crippen molar-refractivity contribution < 1.29 is 9.90 Å². The SMILES string of the molecule is Cc1c(N)cccc1C(=O)NCC(C)O. The number of nitrogens with two attached hydrogens (primary N) is 1. The van der Waals surface area contributed by atoms with E-state index in [2.05, 4.69) is 5.32 Å². The first-order chi connectivity index (χ1) is 7.02. The third-order valence-electron chi connectivity index (χ3n) is 2.18. The molecule has 0 aromatic heterocycles. The molecule has 1 aromatic carbocycles. The maximum atomic E-state index is 11.6. The zero-order valence-electron chi connectivity index (χ0n) is 8.95. The number of benzene rings is 1. The molecule has 1 rings (SSSR count). The number of nitrogen functional groups attached to an aromatic ring is 1. The molecule has 0 radical (unpaired) electrons. The summed E-state index contributed by atoms with van der Waals surface area (Å²) in [4.78, 5) is 11.6. The minimum absolute atomic E-state index is 0.208. The molecule has 0 saturated heterocycles. The molecule has 4 N–H and O–H groups in total. The van der Waals surface area contributed by atoms with Crippen molar-refractivity contribution in [2.75, 3.05) is 12.3 Å². The topological polar surface area (TPSA) is 75.4 Å². The summed E-state index contributed by atoms with van der Waals surface area (Å²) in [5.74, 6) is -0.208. The first kappa shape index (κ1) is 11.5. The van der Waals surface area contributed by atoms with Crippen LogP contribution in [-0.4, -0.2) is 23.7 Å². The van der Waals surface area contributed by atoms with Gasteiger partial charge in [0.2, 0.25) is 0 Å². The van der Waals surface area contributed by atoms with Crippen molar-refractivity contribution in [1.82, 2.24) is 5.32 Å². The molecule has 1 aromatic rings. The molecule has 0 spiro atoms. The molecule has 0 aliphatic carbocycles. The quantitative estimate of drug-likeness (QED) is 0.640. The van der Waals surface area contributed by atoms with E-state index in [-0.39, 0.29) is 12.5 Å². The fourth-order valence-electron chi connectivity index (χ4n) is 1.24. The van der Waals surface area contributed by atoms with Crippen LogP contribution in [0.1, 0.15) is 22.8 Å². The van der Waals surface area contributed by atoms with Gasteiger partial charge < -0.3 is 16.2 Å². The van der Waals surface area contributed by atoms with Gasteiger partial charge in [-0.15, -0.1) is 0 Å². The highest BCUT2D eigenvalue weighted by atomic mass is 16.3. The van der Waals surface area contributed by atoms with E-state index < -0.39 is 6.10 Å². The highest BCUT2D eigenvalue weighted by molar-refractivity contribution is 5.96. The summed E-state index contributed by atoms with van der Waals surface area (Å²) in [6.45, 7) is 3.66. The number of rotatable bonds is 3. The van der Waals surface area contributed by atoms with Gasteiger partial charge in [-0.2, -0.15) is 0 Å². The Morgan fingerprint density at radius 3 is 2.87 bits per heavy atom. The van der Waals surface area contributed by atoms with E-state index in [4.69, 9.17) is 10.8 Å². The standard InChI is InChI=1S/C11H16N2O2/c1-7(14)6-13-11(15)9-4-3-5-10(12)8(9)2/h3-5,7,14H,6,12H2,1-2H3,(H,13,15). The monoisotopic (exact) mass is 208 g/mol. The molecule has 82 valence electrons. The molecule has 0 heterocycles. The summed E-state index contributed by atoms with van der Waals surface area (Å²) in [5, 5.41) is 11.7. The Bertz CT molecular complexity index is 362. The van der Waals surface area contributed by atoms with Gasteiger partial charge in [0.15, 0.2) is 0 Å². The largest absolute Gasteiger partial charge is 0.398 e. The van der Waals surface area contributed by atoms with E-state index in [0.717, 1.165) is 5.56 Å². The van der Waals surface area contributed by atoms with E-state index in [1.54, 1.807) is 32.0 Å². The molecule has 4 heteroatoms. The van der Waals surface area contributed by atoms with Gasteiger partial charge >= 0.3 is 0 Å². The van der Waals surface area contributed by atoms with E-state index in [0.29, 0.717) is 11.3 Å². The zero-order valence-corrected chi connectivity index (χ0v) is 8.95. The predicted molar refractivity (Wildman–Crippen MR) is 59.6 cm³/mol. The van der Waals surface area contributed by atoms with Crippen molar-refractivity contribution in [1.29, 1.82) is 0 Å². The lowest BCUT2D eigenvalue weighted by Crippen LogP contribution is -2.31. The Morgan fingerprint density at radius 2 is 2.27 bits per heavy atom. The van der Waals surface area contributed by atoms with Crippen molar-refractivity contribution in [3.8, 4) is 0 Å². The molecule has 4 nitrogen and oxygen atoms in total. The molecular weight excluding hydrogens is 192 g/mol. The number of carbonyl (C=O) groups excluding carboxylic acids is 1. The Morgan fingerprint density at radius 1 is 1.60 bits per heavy atom. The molecule has 1 atom stereocenters. The van der Waals surface area contributed by atoms with Gasteiger partial charge in [-0.25, -0.2) is 0 Å². The average molecular weight is 208 g/mol. The molecule has 15 heavy (non-hydrogen) atoms. The summed E-state index contributed by atoms with van der Waals surface area (Å²) < 4.78 is 0. The summed E-state index contributed by atoms with van der Waals surface area (Å²) in [6, 6.07) is 5.20. The lowest BCUT2D eigenvalue weighted by molar-refractivity contribution is 0.0923. The first-order valence-electron chi connectivity index (χ1n) is 4.83. The lowest BCUT2D eigenvalue weighted by atomic mass is 10.1. The fraction of sp³-hybridized carbons (Fsp3) is 0.364. The van der Waals surface area contributed by atoms with Crippen LogP contribution in [0.2, 0.25) is 0 Å². The fourth-order valence-corrected chi connectivity index (χ4v) is 1.24. The normalized spacial score (nSPS) is 12.2. The Balaban J connectivity index is 2.78. The van der Waals surface area contributed by atoms with Gasteiger partial charge in [0.05, 0.1) is 6.10 Å². The number of carbonyl (C=O) groups is 1. The number of amides is 1. The minimum atomic E-state index is -0.546. The number of anilines is 1. The highest BCUT2D eigenvalue weighted by Gasteiger charge is 2.10. The van der Waals surface area contributed by atoms with Crippen molar-refractivity contribution in [3.63, 3.8) is 0 Å². The van der Waals surface area contributed by atoms with Crippen molar-refractivity contribution in [3.05, 3.63) is 29.3 Å². The average Bonchev–Trinajstić information content (AvgIpc) is 2.18. The van der Waals surface area contributed by atoms with Gasteiger partial charge in [-0.05, 0) is 31.5 Å². The van der Waals surface area contributed by atoms with Crippen LogP contribution in [0.5, 0.6) is 0 Å². The van der Waals surface area contributed by atoms with Crippen LogP contribution in [0, 0.1) is 6.92 Å². The number of aliphatic hydroxyl groups excluding tert-OH is 1. The minimum Gasteiger partial charge on any atom is -0.398 e. The summed E-state index contributed by atoms with van der Waals surface area (Å²) in [5.41, 5.74) is 7.60. The maximum Gasteiger partial charge on any atom is 0.251 e. The van der Waals surface area contributed by atoms with Crippen LogP contribution in [0.4, 0.5) is 5.69 Å². The molecule has 0 bridgehead atoms. The third kappa shape index (κ3) is 2.95. The lowest BCUT2D eigenvalue weighted by Gasteiger charge is -2.10. The van der Waals surface area contributed by atoms with Crippen LogP contribution in [-0.2, 0) is 0 Å². The highest BCUT2D eigenvalue weighted by Crippen LogP contribution is 2.14. The molecule has 0 saturated carbocycles. The molecular formula is C11H16N2O2. The molecule has 0 aliphatic heterocycles. The summed E-state index contributed by atoms with van der Waals surface area (Å²) in [6.07, 6.45) is -0.546. The van der Waals surface area contributed by atoms with Crippen molar-refractivity contribution >= 4 is 11.6 Å². The number of aliphatic hydroxyl groups is 1. The smallest absolute Gasteiger partial charge is 0.251 e. The molecule has 1 amide bonds. The van der Waals surface area contributed by atoms with E-state index in [1.165, 1.54) is 0 Å². The zero-order chi connectivity index (χ0) is 11.4. The van der Waals surface area contributed by atoms with E-state index in [9.17, 15) is 4.79 Å². The Kier molecular flexibility index (Phi) is 3.68. The number of hydrogen-bond donors (Lipinski definition) is 3. The van der Waals surface area contributed by atoms with Crippen LogP contribution in [0.3, 0.4) is 0 Å².